The number of ketones is 1. The summed E-state index contributed by atoms with van der Waals surface area (Å²) < 4.78 is 11.5. The van der Waals surface area contributed by atoms with Gasteiger partial charge in [0.15, 0.2) is 5.76 Å². The molecule has 0 bridgehead atoms. The summed E-state index contributed by atoms with van der Waals surface area (Å²) in [6, 6.07) is 16.6. The number of fused-ring (bicyclic) bond motifs is 1. The summed E-state index contributed by atoms with van der Waals surface area (Å²) in [4.78, 5) is 32.9. The molecule has 1 amide bonds. The Balaban J connectivity index is 2.08. The van der Waals surface area contributed by atoms with Gasteiger partial charge in [-0.3, -0.25) is 9.69 Å². The average Bonchev–Trinajstić information content (AvgIpc) is 3.25. The van der Waals surface area contributed by atoms with Crippen molar-refractivity contribution in [3.05, 3.63) is 83.1 Å². The molecule has 0 N–H and O–H groups in total. The predicted molar refractivity (Wildman–Crippen MR) is 153 cm³/mol. The largest absolute Gasteiger partial charge is 0.445 e. The van der Waals surface area contributed by atoms with Crippen LogP contribution in [0.5, 0.6) is 0 Å². The molecule has 0 saturated carbocycles. The van der Waals surface area contributed by atoms with E-state index < -0.39 is 11.5 Å². The fourth-order valence-corrected chi connectivity index (χ4v) is 4.42. The van der Waals surface area contributed by atoms with Crippen LogP contribution in [0.15, 0.2) is 71.7 Å². The number of aromatic nitrogens is 1. The van der Waals surface area contributed by atoms with Gasteiger partial charge in [-0.1, -0.05) is 87.0 Å². The van der Waals surface area contributed by atoms with Gasteiger partial charge in [0.2, 0.25) is 11.5 Å². The standard InChI is InChI=1S/C30H28Cl2N2O4/c1-6-16-37-29(36)34(7-2)25-22-17-21(18-12-14-19(31)15-13-18)24(20-10-8-9-11-23(20)32)33-28(22)38-26(25)27(35)30(3,4)5/h6,8-15,17H,1,7,16H2,2-5H3. The number of carbonyl (C=O) groups excluding carboxylic acids is 2. The summed E-state index contributed by atoms with van der Waals surface area (Å²) in [6.07, 6.45) is 0.859. The van der Waals surface area contributed by atoms with Crippen LogP contribution in [0, 0.1) is 5.41 Å². The third-order valence-corrected chi connectivity index (χ3v) is 6.54. The number of hydrogen-bond donors (Lipinski definition) is 0. The quantitative estimate of drug-likeness (QED) is 0.169. The molecule has 6 nitrogen and oxygen atoms in total. The van der Waals surface area contributed by atoms with Crippen LogP contribution in [0.2, 0.25) is 10.0 Å². The zero-order chi connectivity index (χ0) is 27.6. The Morgan fingerprint density at radius 1 is 1.08 bits per heavy atom. The Hall–Kier alpha value is -3.61. The zero-order valence-electron chi connectivity index (χ0n) is 21.7. The summed E-state index contributed by atoms with van der Waals surface area (Å²) in [5.41, 5.74) is 2.55. The van der Waals surface area contributed by atoms with Crippen LogP contribution in [0.1, 0.15) is 38.2 Å². The lowest BCUT2D eigenvalue weighted by Crippen LogP contribution is -2.33. The lowest BCUT2D eigenvalue weighted by molar-refractivity contribution is 0.0831. The minimum atomic E-state index is -0.780. The van der Waals surface area contributed by atoms with Gasteiger partial charge in [0.05, 0.1) is 11.1 Å². The van der Waals surface area contributed by atoms with Crippen molar-refractivity contribution in [1.82, 2.24) is 4.98 Å². The van der Waals surface area contributed by atoms with E-state index in [0.717, 1.165) is 11.1 Å². The highest BCUT2D eigenvalue weighted by Gasteiger charge is 2.35. The van der Waals surface area contributed by atoms with E-state index in [0.29, 0.717) is 32.4 Å². The number of pyridine rings is 1. The summed E-state index contributed by atoms with van der Waals surface area (Å²) in [5, 5.41) is 1.59. The number of Topliss-reactive ketones (excluding diaryl/α,β-unsaturated/α-hetero) is 1. The normalized spacial score (nSPS) is 11.4. The fourth-order valence-electron chi connectivity index (χ4n) is 4.07. The van der Waals surface area contributed by atoms with Crippen molar-refractivity contribution < 1.29 is 18.7 Å². The molecular formula is C30H28Cl2N2O4. The number of carbonyl (C=O) groups is 2. The second-order valence-corrected chi connectivity index (χ2v) is 10.5. The molecule has 0 unspecified atom stereocenters. The maximum absolute atomic E-state index is 13.6. The lowest BCUT2D eigenvalue weighted by atomic mass is 9.88. The Labute approximate surface area is 231 Å². The van der Waals surface area contributed by atoms with Crippen molar-refractivity contribution in [2.75, 3.05) is 18.1 Å². The first-order chi connectivity index (χ1) is 18.1. The number of amides is 1. The highest BCUT2D eigenvalue weighted by molar-refractivity contribution is 6.33. The summed E-state index contributed by atoms with van der Waals surface area (Å²) >= 11 is 12.7. The molecule has 4 rings (SSSR count). The van der Waals surface area contributed by atoms with E-state index in [9.17, 15) is 9.59 Å². The molecule has 0 aliphatic rings. The maximum atomic E-state index is 13.6. The number of ether oxygens (including phenoxy) is 1. The summed E-state index contributed by atoms with van der Waals surface area (Å²) in [5.74, 6) is -0.233. The molecule has 2 heterocycles. The summed E-state index contributed by atoms with van der Waals surface area (Å²) in [6.45, 7) is 11.0. The van der Waals surface area contributed by atoms with Gasteiger partial charge in [-0.15, -0.1) is 0 Å². The Morgan fingerprint density at radius 2 is 1.76 bits per heavy atom. The topological polar surface area (TPSA) is 72.6 Å². The second kappa shape index (κ2) is 11.0. The molecule has 196 valence electrons. The van der Waals surface area contributed by atoms with Crippen LogP contribution < -0.4 is 4.90 Å². The van der Waals surface area contributed by atoms with Crippen LogP contribution in [0.4, 0.5) is 10.5 Å². The van der Waals surface area contributed by atoms with Gasteiger partial charge in [0.25, 0.3) is 0 Å². The first-order valence-corrected chi connectivity index (χ1v) is 12.9. The van der Waals surface area contributed by atoms with Crippen molar-refractivity contribution in [3.8, 4) is 22.4 Å². The minimum absolute atomic E-state index is 0.0264. The fraction of sp³-hybridized carbons (Fsp3) is 0.233. The molecule has 2 aromatic carbocycles. The first kappa shape index (κ1) is 27.4. The Bertz CT molecular complexity index is 1520. The van der Waals surface area contributed by atoms with Gasteiger partial charge >= 0.3 is 6.09 Å². The number of halogens is 2. The van der Waals surface area contributed by atoms with E-state index in [2.05, 4.69) is 6.58 Å². The number of nitrogens with zero attached hydrogens (tertiary/aromatic N) is 2. The van der Waals surface area contributed by atoms with E-state index in [1.807, 2.05) is 36.4 Å². The van der Waals surface area contributed by atoms with Crippen molar-refractivity contribution >= 4 is 51.9 Å². The average molecular weight is 551 g/mol. The van der Waals surface area contributed by atoms with Crippen molar-refractivity contribution in [2.24, 2.45) is 5.41 Å². The minimum Gasteiger partial charge on any atom is -0.445 e. The van der Waals surface area contributed by atoms with Crippen molar-refractivity contribution in [3.63, 3.8) is 0 Å². The number of hydrogen-bond acceptors (Lipinski definition) is 5. The molecule has 0 atom stereocenters. The van der Waals surface area contributed by atoms with E-state index in [1.54, 1.807) is 45.9 Å². The molecule has 0 saturated heterocycles. The third-order valence-electron chi connectivity index (χ3n) is 5.96. The second-order valence-electron chi connectivity index (χ2n) is 9.69. The number of rotatable bonds is 7. The van der Waals surface area contributed by atoms with Gasteiger partial charge in [0, 0.05) is 33.1 Å². The lowest BCUT2D eigenvalue weighted by Gasteiger charge is -2.22. The monoisotopic (exact) mass is 550 g/mol. The van der Waals surface area contributed by atoms with Gasteiger partial charge in [-0.05, 0) is 36.8 Å². The van der Waals surface area contributed by atoms with Crippen LogP contribution in [-0.2, 0) is 4.74 Å². The van der Waals surface area contributed by atoms with Gasteiger partial charge < -0.3 is 9.15 Å². The van der Waals surface area contributed by atoms with Gasteiger partial charge in [-0.2, -0.15) is 0 Å². The SMILES string of the molecule is C=CCOC(=O)N(CC)c1c(C(=O)C(C)(C)C)oc2nc(-c3ccccc3Cl)c(-c3ccc(Cl)cc3)cc12. The van der Waals surface area contributed by atoms with Crippen LogP contribution in [-0.4, -0.2) is 30.0 Å². The number of furan rings is 1. The molecule has 0 aliphatic heterocycles. The highest BCUT2D eigenvalue weighted by Crippen LogP contribution is 2.43. The molecule has 0 spiro atoms. The Morgan fingerprint density at radius 3 is 2.37 bits per heavy atom. The smallest absolute Gasteiger partial charge is 0.414 e. The van der Waals surface area contributed by atoms with Crippen LogP contribution in [0.25, 0.3) is 33.5 Å². The highest BCUT2D eigenvalue weighted by atomic mass is 35.5. The van der Waals surface area contributed by atoms with E-state index in [-0.39, 0.29) is 30.4 Å². The summed E-state index contributed by atoms with van der Waals surface area (Å²) in [7, 11) is 0. The molecule has 8 heteroatoms. The van der Waals surface area contributed by atoms with Crippen LogP contribution in [0.3, 0.4) is 0 Å². The van der Waals surface area contributed by atoms with Crippen molar-refractivity contribution in [1.29, 1.82) is 0 Å². The Kier molecular flexibility index (Phi) is 7.95. The van der Waals surface area contributed by atoms with E-state index >= 15 is 0 Å². The van der Waals surface area contributed by atoms with Gasteiger partial charge in [-0.25, -0.2) is 9.78 Å². The van der Waals surface area contributed by atoms with Crippen molar-refractivity contribution in [2.45, 2.75) is 27.7 Å². The molecule has 0 fully saturated rings. The first-order valence-electron chi connectivity index (χ1n) is 12.1. The molecule has 38 heavy (non-hydrogen) atoms. The molecule has 0 radical (unpaired) electrons. The van der Waals surface area contributed by atoms with Crippen LogP contribution >= 0.6 is 23.2 Å². The third kappa shape index (κ3) is 5.33. The molecule has 2 aromatic heterocycles. The number of anilines is 1. The maximum Gasteiger partial charge on any atom is 0.414 e. The van der Waals surface area contributed by atoms with E-state index in [4.69, 9.17) is 37.3 Å². The van der Waals surface area contributed by atoms with E-state index in [1.165, 1.54) is 11.0 Å². The van der Waals surface area contributed by atoms with Gasteiger partial charge in [0.1, 0.15) is 12.3 Å². The molecule has 0 aliphatic carbocycles. The predicted octanol–water partition coefficient (Wildman–Crippen LogP) is 8.85. The zero-order valence-corrected chi connectivity index (χ0v) is 23.2. The number of benzene rings is 2. The molecule has 4 aromatic rings. The molecular weight excluding hydrogens is 523 g/mol.